The van der Waals surface area contributed by atoms with E-state index >= 15 is 38.4 Å². The van der Waals surface area contributed by atoms with Crippen LogP contribution in [0.1, 0.15) is 120 Å². The number of rotatable bonds is 22. The molecule has 0 spiro atoms. The third kappa shape index (κ3) is 23.6. The summed E-state index contributed by atoms with van der Waals surface area (Å²) in [4.78, 5) is 196. The number of sulfone groups is 2. The Labute approximate surface area is 676 Å². The number of aliphatic hydroxyl groups excluding tert-OH is 1. The standard InChI is InChI=1S/C82H108ClN13O17S2/c1-10-11-12-13-14-22-37-90(3)77(104)54-45-69(97)66(44-56-49-85-61-29-21-19-27-59(56)61)96-51(2)74(82(96)109)94(7)79(106)63(36-40-115(9,112)113)87-75(102)67(42-53-31-33-57(83)34-32-53)92(5)73(101)50-91(4)81(108)65-30-23-38-95(65)80(107)64(43-55-48-84-60-28-20-18-26-58(55)60)88-76(103)68(41-52-24-16-15-17-25-52)93(6)78(105)62(35-39-114(8,110)111)86-71(99)47-72(100)89-70(98)46-54/h15-21,24-29,31-34,48-49,51,54,62-68,72,74,84-85,100H,10-14,22-23,30,35-47,50H2,1-9H3,(H,86,99)(H,87,102)(H,88,103)(H,89,98)/t51?,54-,62-,63-,64-,65-,66-,67-,68-,72-,74-/m0/s1. The molecule has 4 fully saturated rings. The number of unbranched alkanes of at least 4 members (excludes halogenated alkanes) is 5. The van der Waals surface area contributed by atoms with Crippen LogP contribution >= 0.6 is 11.6 Å². The number of hydrogen-bond acceptors (Lipinski definition) is 17. The van der Waals surface area contributed by atoms with Gasteiger partial charge in [-0.15, -0.1) is 0 Å². The van der Waals surface area contributed by atoms with Crippen molar-refractivity contribution in [1.82, 2.24) is 65.5 Å². The summed E-state index contributed by atoms with van der Waals surface area (Å²) in [5.74, 6) is -12.8. The van der Waals surface area contributed by atoms with Gasteiger partial charge in [0.05, 0.1) is 42.5 Å². The normalized spacial score (nSPS) is 23.8. The molecule has 33 heteroatoms. The Morgan fingerprint density at radius 2 is 1.08 bits per heavy atom. The first-order valence-corrected chi connectivity index (χ1v) is 43.6. The summed E-state index contributed by atoms with van der Waals surface area (Å²) in [6.07, 6.45) is 4.64. The molecule has 11 amide bonds. The minimum atomic E-state index is -3.87. The number of nitrogens with zero attached hydrogens (tertiary/aromatic N) is 7. The smallest absolute Gasteiger partial charge is 0.248 e. The molecule has 2 aromatic heterocycles. The number of amides is 11. The number of likely N-dealkylation sites (N-methyl/N-ethyl adjacent to an activating group) is 4. The summed E-state index contributed by atoms with van der Waals surface area (Å²) in [5, 5.41) is 23.8. The van der Waals surface area contributed by atoms with Crippen LogP contribution in [0.25, 0.3) is 21.8 Å². The van der Waals surface area contributed by atoms with Crippen LogP contribution in [0.3, 0.4) is 0 Å². The van der Waals surface area contributed by atoms with Crippen molar-refractivity contribution in [3.8, 4) is 0 Å². The van der Waals surface area contributed by atoms with Gasteiger partial charge in [-0.3, -0.25) is 57.5 Å². The van der Waals surface area contributed by atoms with Crippen LogP contribution in [0.5, 0.6) is 0 Å². The Kier molecular flexibility index (Phi) is 30.9. The Bertz CT molecular complexity index is 4750. The predicted molar refractivity (Wildman–Crippen MR) is 433 cm³/mol. The number of aromatic amines is 2. The number of aliphatic hydroxyl groups is 1. The molecular formula is C82H108ClN13O17S2. The summed E-state index contributed by atoms with van der Waals surface area (Å²) >= 11 is 6.31. The van der Waals surface area contributed by atoms with Crippen LogP contribution in [0, 0.1) is 5.92 Å². The number of Topliss-reactive ketones (excluding diaryl/α,β-unsaturated/α-hetero) is 1. The van der Waals surface area contributed by atoms with Gasteiger partial charge in [0.25, 0.3) is 0 Å². The molecule has 4 aromatic carbocycles. The molecule has 7 N–H and O–H groups in total. The fraction of sp³-hybridized carbons (Fsp3) is 0.512. The molecule has 2 bridgehead atoms. The largest absolute Gasteiger partial charge is 0.373 e. The van der Waals surface area contributed by atoms with E-state index in [0.29, 0.717) is 61.9 Å². The lowest BCUT2D eigenvalue weighted by Gasteiger charge is -2.52. The van der Waals surface area contributed by atoms with E-state index in [2.05, 4.69) is 38.2 Å². The number of halogens is 1. The molecule has 0 radical (unpaired) electrons. The second-order valence-electron chi connectivity index (χ2n) is 30.9. The molecule has 4 aliphatic heterocycles. The Morgan fingerprint density at radius 3 is 1.67 bits per heavy atom. The minimum Gasteiger partial charge on any atom is -0.373 e. The minimum absolute atomic E-state index is 0.00999. The third-order valence-corrected chi connectivity index (χ3v) is 24.3. The molecule has 115 heavy (non-hydrogen) atoms. The summed E-state index contributed by atoms with van der Waals surface area (Å²) in [5.41, 5.74) is 3.57. The zero-order valence-electron chi connectivity index (χ0n) is 66.7. The number of nitrogens with one attached hydrogen (secondary N) is 6. The van der Waals surface area contributed by atoms with Gasteiger partial charge in [-0.2, -0.15) is 0 Å². The maximum atomic E-state index is 15.6. The van der Waals surface area contributed by atoms with Gasteiger partial charge in [0.15, 0.2) is 5.78 Å². The van der Waals surface area contributed by atoms with Gasteiger partial charge in [0.2, 0.25) is 65.0 Å². The highest BCUT2D eigenvalue weighted by atomic mass is 35.5. The predicted octanol–water partition coefficient (Wildman–Crippen LogP) is 4.05. The van der Waals surface area contributed by atoms with E-state index in [1.54, 1.807) is 98.2 Å². The number of hydrogen-bond donors (Lipinski definition) is 7. The van der Waals surface area contributed by atoms with E-state index < -0.39 is 207 Å². The van der Waals surface area contributed by atoms with Crippen molar-refractivity contribution in [3.05, 3.63) is 143 Å². The van der Waals surface area contributed by atoms with Gasteiger partial charge in [0.1, 0.15) is 68.2 Å². The maximum Gasteiger partial charge on any atom is 0.248 e. The Morgan fingerprint density at radius 1 is 0.557 bits per heavy atom. The van der Waals surface area contributed by atoms with Crippen LogP contribution in [0.15, 0.2) is 116 Å². The number of ketones is 1. The first-order valence-electron chi connectivity index (χ1n) is 39.1. The van der Waals surface area contributed by atoms with Gasteiger partial charge >= 0.3 is 0 Å². The lowest BCUT2D eigenvalue weighted by Crippen LogP contribution is -2.74. The molecule has 4 aliphatic rings. The van der Waals surface area contributed by atoms with Gasteiger partial charge < -0.3 is 70.6 Å². The van der Waals surface area contributed by atoms with Crippen molar-refractivity contribution in [3.63, 3.8) is 0 Å². The highest BCUT2D eigenvalue weighted by Crippen LogP contribution is 2.34. The lowest BCUT2D eigenvalue weighted by atomic mass is 9.85. The number of aromatic nitrogens is 2. The van der Waals surface area contributed by atoms with Crippen molar-refractivity contribution in [2.24, 2.45) is 5.92 Å². The Hall–Kier alpha value is -10.1. The summed E-state index contributed by atoms with van der Waals surface area (Å²) in [6.45, 7) is 3.23. The number of β-lactam (4-membered cyclic amide) rings is 1. The first-order chi connectivity index (χ1) is 54.5. The fourth-order valence-electron chi connectivity index (χ4n) is 15.6. The highest BCUT2D eigenvalue weighted by Gasteiger charge is 2.54. The van der Waals surface area contributed by atoms with E-state index in [9.17, 15) is 41.1 Å². The molecule has 4 saturated heterocycles. The molecule has 0 saturated carbocycles. The quantitative estimate of drug-likeness (QED) is 0.0286. The van der Waals surface area contributed by atoms with Crippen LogP contribution in [-0.2, 0) is 103 Å². The van der Waals surface area contributed by atoms with Gasteiger partial charge in [0, 0.05) is 139 Å². The van der Waals surface area contributed by atoms with Crippen molar-refractivity contribution in [2.75, 3.05) is 78.9 Å². The van der Waals surface area contributed by atoms with Crippen LogP contribution < -0.4 is 21.3 Å². The monoisotopic (exact) mass is 1650 g/mol. The second kappa shape index (κ2) is 40.0. The molecule has 0 aliphatic carbocycles. The van der Waals surface area contributed by atoms with E-state index in [-0.39, 0.29) is 45.2 Å². The molecule has 6 aromatic rings. The average Bonchev–Trinajstić information content (AvgIpc) is 1.14. The number of H-pyrrole nitrogens is 2. The van der Waals surface area contributed by atoms with Gasteiger partial charge in [-0.1, -0.05) is 129 Å². The van der Waals surface area contributed by atoms with Crippen molar-refractivity contribution in [1.29, 1.82) is 0 Å². The van der Waals surface area contributed by atoms with Crippen molar-refractivity contribution in [2.45, 2.75) is 184 Å². The molecule has 622 valence electrons. The second-order valence-corrected chi connectivity index (χ2v) is 35.8. The number of benzene rings is 4. The number of fused-ring (bicyclic) bond motifs is 30. The van der Waals surface area contributed by atoms with E-state index in [0.717, 1.165) is 64.2 Å². The summed E-state index contributed by atoms with van der Waals surface area (Å²) in [6, 6.07) is 16.5. The van der Waals surface area contributed by atoms with Crippen LogP contribution in [-0.4, -0.2) is 276 Å². The lowest BCUT2D eigenvalue weighted by molar-refractivity contribution is -0.169. The number of carbonyl (C=O) groups excluding carboxylic acids is 12. The van der Waals surface area contributed by atoms with Gasteiger partial charge in [-0.05, 0) is 85.5 Å². The van der Waals surface area contributed by atoms with E-state index in [1.807, 2.05) is 24.3 Å². The van der Waals surface area contributed by atoms with Crippen molar-refractivity contribution >= 4 is 124 Å². The SMILES string of the molecule is CCCCCCCCN(C)C(=O)[C@@H]1CC(=O)N[C@@H](O)CC(=O)N[C@@H](CCS(C)(=O)=O)C(=O)N(C)[C@@H](Cc2ccccc2)C(=O)N[C@@H](Cc2c[nH]c3ccccc23)C(=O)N2CCC[C@H]2C(=O)N(C)CC(=O)N(C)[C@@H](Cc2ccc(Cl)cc2)C(=O)N[C@@H](CCS(C)(=O)=O)C(=O)N(C)[C@@H]2C(=O)N(C2C)[C@@H](Cc2c[nH]c3ccccc23)C(=O)C1. The average molecular weight is 1650 g/mol. The van der Waals surface area contributed by atoms with E-state index in [4.69, 9.17) is 11.6 Å². The third-order valence-electron chi connectivity index (χ3n) is 22.1. The first kappa shape index (κ1) is 88.9. The summed E-state index contributed by atoms with van der Waals surface area (Å²) in [7, 11) is -1.01. The molecule has 1 unspecified atom stereocenters. The summed E-state index contributed by atoms with van der Waals surface area (Å²) < 4.78 is 51.8. The van der Waals surface area contributed by atoms with Gasteiger partial charge in [-0.25, -0.2) is 16.8 Å². The topological polar surface area (TPSA) is 396 Å². The zero-order chi connectivity index (χ0) is 83.8. The maximum absolute atomic E-state index is 15.6. The number of carbonyl (C=O) groups is 12. The van der Waals surface area contributed by atoms with E-state index in [1.165, 1.54) is 49.9 Å². The fourth-order valence-corrected chi connectivity index (χ4v) is 17.0. The zero-order valence-corrected chi connectivity index (χ0v) is 69.1. The number of para-hydroxylation sites is 2. The van der Waals surface area contributed by atoms with Crippen molar-refractivity contribution < 1.29 is 79.5 Å². The molecule has 10 rings (SSSR count). The molecule has 11 atom stereocenters. The highest BCUT2D eigenvalue weighted by molar-refractivity contribution is 7.90. The molecule has 6 heterocycles. The van der Waals surface area contributed by atoms with Crippen LogP contribution in [0.2, 0.25) is 5.02 Å². The van der Waals surface area contributed by atoms with Crippen LogP contribution in [0.4, 0.5) is 0 Å². The molecular weight excluding hydrogens is 1540 g/mol. The molecule has 30 nitrogen and oxygen atoms in total. The Balaban J connectivity index is 1.11.